The number of imide groups is 1. The molecule has 0 atom stereocenters. The van der Waals surface area contributed by atoms with Gasteiger partial charge in [-0.05, 0) is 23.1 Å². The van der Waals surface area contributed by atoms with Gasteiger partial charge in [0.25, 0.3) is 11.6 Å². The summed E-state index contributed by atoms with van der Waals surface area (Å²) >= 11 is 4.14. The Hall–Kier alpha value is -2.76. The van der Waals surface area contributed by atoms with Crippen molar-refractivity contribution in [2.75, 3.05) is 5.75 Å². The molecule has 0 aliphatic heterocycles. The van der Waals surface area contributed by atoms with Crippen molar-refractivity contribution in [3.05, 3.63) is 75.3 Å². The Morgan fingerprint density at radius 2 is 1.78 bits per heavy atom. The molecular formula is C21H20N4O4S3. The molecule has 0 aliphatic carbocycles. The van der Waals surface area contributed by atoms with Crippen molar-refractivity contribution in [1.29, 1.82) is 0 Å². The maximum atomic E-state index is 12.1. The van der Waals surface area contributed by atoms with Crippen LogP contribution in [0.2, 0.25) is 0 Å². The maximum absolute atomic E-state index is 12.1. The number of hydrogen-bond acceptors (Lipinski definition) is 9. The Bertz CT molecular complexity index is 1120. The van der Waals surface area contributed by atoms with Gasteiger partial charge in [-0.25, -0.2) is 0 Å². The summed E-state index contributed by atoms with van der Waals surface area (Å²) in [6.07, 6.45) is 0. The van der Waals surface area contributed by atoms with Crippen molar-refractivity contribution in [3.63, 3.8) is 0 Å². The highest BCUT2D eigenvalue weighted by atomic mass is 32.2. The molecule has 0 unspecified atom stereocenters. The molecule has 0 radical (unpaired) electrons. The molecule has 0 bridgehead atoms. The van der Waals surface area contributed by atoms with E-state index >= 15 is 0 Å². The zero-order chi connectivity index (χ0) is 23.1. The zero-order valence-corrected chi connectivity index (χ0v) is 19.8. The van der Waals surface area contributed by atoms with Gasteiger partial charge >= 0.3 is 0 Å². The third-order valence-electron chi connectivity index (χ3n) is 4.30. The van der Waals surface area contributed by atoms with E-state index in [4.69, 9.17) is 0 Å². The second-order valence-electron chi connectivity index (χ2n) is 6.99. The normalized spacial score (nSPS) is 10.8. The van der Waals surface area contributed by atoms with Crippen LogP contribution in [0.25, 0.3) is 0 Å². The number of non-ortho nitro benzene ring substituents is 1. The van der Waals surface area contributed by atoms with E-state index in [0.717, 1.165) is 16.2 Å². The number of nitrogens with zero attached hydrogens (tertiary/aromatic N) is 3. The highest BCUT2D eigenvalue weighted by Crippen LogP contribution is 2.31. The van der Waals surface area contributed by atoms with Gasteiger partial charge in [0.1, 0.15) is 0 Å². The van der Waals surface area contributed by atoms with Gasteiger partial charge in [-0.2, -0.15) is 0 Å². The van der Waals surface area contributed by atoms with Crippen molar-refractivity contribution in [2.45, 2.75) is 34.2 Å². The maximum Gasteiger partial charge on any atom is 0.270 e. The predicted octanol–water partition coefficient (Wildman–Crippen LogP) is 4.91. The molecule has 3 aromatic rings. The number of nitrogens with one attached hydrogen (secondary N) is 1. The molecule has 1 N–H and O–H groups in total. The summed E-state index contributed by atoms with van der Waals surface area (Å²) in [6.45, 7) is 4.32. The first kappa shape index (κ1) is 23.9. The summed E-state index contributed by atoms with van der Waals surface area (Å²) in [6, 6.07) is 13.7. The van der Waals surface area contributed by atoms with Crippen LogP contribution in [-0.2, 0) is 10.5 Å². The van der Waals surface area contributed by atoms with Gasteiger partial charge < -0.3 is 0 Å². The van der Waals surface area contributed by atoms with Crippen molar-refractivity contribution in [1.82, 2.24) is 15.5 Å². The van der Waals surface area contributed by atoms with E-state index in [9.17, 15) is 19.7 Å². The van der Waals surface area contributed by atoms with E-state index in [-0.39, 0.29) is 17.0 Å². The number of benzene rings is 2. The Kier molecular flexibility index (Phi) is 8.37. The molecule has 11 heteroatoms. The van der Waals surface area contributed by atoms with Gasteiger partial charge in [0.2, 0.25) is 5.91 Å². The minimum atomic E-state index is -0.684. The lowest BCUT2D eigenvalue weighted by Gasteiger charge is -2.06. The third-order valence-corrected chi connectivity index (χ3v) is 7.56. The average molecular weight is 489 g/mol. The highest BCUT2D eigenvalue weighted by Gasteiger charge is 2.15. The van der Waals surface area contributed by atoms with Gasteiger partial charge in [-0.15, -0.1) is 10.2 Å². The molecule has 1 heterocycles. The SMILES string of the molecule is CC(C)c1ccc(CSc2nnc(SCC(=O)NC(=O)c3cccc([N+](=O)[O-])c3)s2)cc1. The number of rotatable bonds is 9. The fourth-order valence-corrected chi connectivity index (χ4v) is 5.36. The molecular weight excluding hydrogens is 468 g/mol. The summed E-state index contributed by atoms with van der Waals surface area (Å²) in [5.41, 5.74) is 2.33. The van der Waals surface area contributed by atoms with Crippen LogP contribution in [-0.4, -0.2) is 32.7 Å². The predicted molar refractivity (Wildman–Crippen MR) is 126 cm³/mol. The van der Waals surface area contributed by atoms with Crippen LogP contribution in [0.3, 0.4) is 0 Å². The average Bonchev–Trinajstić information content (AvgIpc) is 3.24. The van der Waals surface area contributed by atoms with Crippen LogP contribution in [0.4, 0.5) is 5.69 Å². The molecule has 2 aromatic carbocycles. The Labute approximate surface area is 197 Å². The van der Waals surface area contributed by atoms with E-state index in [1.807, 2.05) is 0 Å². The van der Waals surface area contributed by atoms with Crippen molar-refractivity contribution < 1.29 is 14.5 Å². The van der Waals surface area contributed by atoms with Crippen LogP contribution in [0.15, 0.2) is 57.2 Å². The smallest absolute Gasteiger partial charge is 0.270 e. The molecule has 8 nitrogen and oxygen atoms in total. The summed E-state index contributed by atoms with van der Waals surface area (Å²) < 4.78 is 1.43. The largest absolute Gasteiger partial charge is 0.292 e. The number of nitro groups is 1. The number of hydrogen-bond donors (Lipinski definition) is 1. The third kappa shape index (κ3) is 6.87. The fraction of sp³-hybridized carbons (Fsp3) is 0.238. The second kappa shape index (κ2) is 11.2. The standard InChI is InChI=1S/C21H20N4O4S3/c1-13(2)15-8-6-14(7-9-15)11-30-20-23-24-21(32-20)31-12-18(26)22-19(27)16-4-3-5-17(10-16)25(28)29/h3-10,13H,11-12H2,1-2H3,(H,22,26,27). The molecule has 0 saturated heterocycles. The zero-order valence-electron chi connectivity index (χ0n) is 17.3. The molecule has 0 aliphatic rings. The number of amides is 2. The monoisotopic (exact) mass is 488 g/mol. The van der Waals surface area contributed by atoms with Crippen molar-refractivity contribution >= 4 is 52.4 Å². The molecule has 0 spiro atoms. The lowest BCUT2D eigenvalue weighted by molar-refractivity contribution is -0.384. The summed E-state index contributed by atoms with van der Waals surface area (Å²) in [4.78, 5) is 34.4. The fourth-order valence-electron chi connectivity index (χ4n) is 2.58. The highest BCUT2D eigenvalue weighted by molar-refractivity contribution is 8.03. The second-order valence-corrected chi connectivity index (χ2v) is 10.4. The molecule has 166 valence electrons. The lowest BCUT2D eigenvalue weighted by atomic mass is 10.0. The van der Waals surface area contributed by atoms with Crippen LogP contribution in [0.5, 0.6) is 0 Å². The molecule has 3 rings (SSSR count). The number of nitro benzene ring substituents is 1. The summed E-state index contributed by atoms with van der Waals surface area (Å²) in [5.74, 6) is 0.0579. The quantitative estimate of drug-likeness (QED) is 0.257. The molecule has 0 fully saturated rings. The summed E-state index contributed by atoms with van der Waals surface area (Å²) in [7, 11) is 0. The Morgan fingerprint density at radius 3 is 2.44 bits per heavy atom. The van der Waals surface area contributed by atoms with Crippen molar-refractivity contribution in [2.24, 2.45) is 0 Å². The van der Waals surface area contributed by atoms with Crippen LogP contribution in [0.1, 0.15) is 41.3 Å². The van der Waals surface area contributed by atoms with Gasteiger partial charge in [-0.3, -0.25) is 25.0 Å². The minimum absolute atomic E-state index is 0.0172. The topological polar surface area (TPSA) is 115 Å². The number of carbonyl (C=O) groups excluding carboxylic acids is 2. The van der Waals surface area contributed by atoms with E-state index in [1.165, 1.54) is 52.4 Å². The van der Waals surface area contributed by atoms with Crippen LogP contribution < -0.4 is 5.32 Å². The Balaban J connectivity index is 1.46. The van der Waals surface area contributed by atoms with Crippen molar-refractivity contribution in [3.8, 4) is 0 Å². The van der Waals surface area contributed by atoms with E-state index in [1.54, 1.807) is 11.8 Å². The number of carbonyl (C=O) groups is 2. The van der Waals surface area contributed by atoms with Gasteiger partial charge in [0, 0.05) is 23.4 Å². The summed E-state index contributed by atoms with van der Waals surface area (Å²) in [5, 5.41) is 21.3. The molecule has 2 amide bonds. The lowest BCUT2D eigenvalue weighted by Crippen LogP contribution is -2.31. The molecule has 32 heavy (non-hydrogen) atoms. The first-order valence-corrected chi connectivity index (χ1v) is 12.4. The first-order valence-electron chi connectivity index (χ1n) is 9.58. The van der Waals surface area contributed by atoms with E-state index in [2.05, 4.69) is 53.6 Å². The van der Waals surface area contributed by atoms with Crippen LogP contribution in [0, 0.1) is 10.1 Å². The van der Waals surface area contributed by atoms with Gasteiger partial charge in [0.15, 0.2) is 8.68 Å². The van der Waals surface area contributed by atoms with Crippen LogP contribution >= 0.6 is 34.9 Å². The molecule has 1 aromatic heterocycles. The van der Waals surface area contributed by atoms with E-state index < -0.39 is 16.7 Å². The molecule has 0 saturated carbocycles. The van der Waals surface area contributed by atoms with Gasteiger partial charge in [0.05, 0.1) is 10.7 Å². The Morgan fingerprint density at radius 1 is 1.09 bits per heavy atom. The number of aromatic nitrogens is 2. The minimum Gasteiger partial charge on any atom is -0.292 e. The first-order chi connectivity index (χ1) is 15.3. The van der Waals surface area contributed by atoms with E-state index in [0.29, 0.717) is 10.3 Å². The van der Waals surface area contributed by atoms with Gasteiger partial charge in [-0.1, -0.05) is 79.0 Å². The number of thioether (sulfide) groups is 2.